The minimum absolute atomic E-state index is 0.125. The first-order valence-corrected chi connectivity index (χ1v) is 9.31. The maximum atomic E-state index is 11.7. The van der Waals surface area contributed by atoms with E-state index in [2.05, 4.69) is 25.8 Å². The minimum atomic E-state index is -0.354. The molecule has 0 saturated heterocycles. The summed E-state index contributed by atoms with van der Waals surface area (Å²) >= 11 is 0. The highest BCUT2D eigenvalue weighted by atomic mass is 16.5. The topological polar surface area (TPSA) is 98.3 Å². The standard InChI is InChI=1S/C21H23N5O3/c1-4-28-20(27)15-5-7-17(8-6-15)24-21-25-19(13-22-26-21)23-16-9-11-18(12-10-16)29-14(2)3/h5-14H,4H2,1-3H3,(H2,23,24,25,26). The number of ether oxygens (including phenoxy) is 2. The molecule has 0 atom stereocenters. The van der Waals surface area contributed by atoms with Crippen LogP contribution in [0, 0.1) is 0 Å². The Morgan fingerprint density at radius 2 is 1.66 bits per heavy atom. The van der Waals surface area contributed by atoms with E-state index in [1.54, 1.807) is 31.2 Å². The van der Waals surface area contributed by atoms with E-state index in [0.29, 0.717) is 23.9 Å². The first-order chi connectivity index (χ1) is 14.0. The number of carbonyl (C=O) groups is 1. The minimum Gasteiger partial charge on any atom is -0.491 e. The lowest BCUT2D eigenvalue weighted by atomic mass is 10.2. The van der Waals surface area contributed by atoms with Gasteiger partial charge >= 0.3 is 5.97 Å². The van der Waals surface area contributed by atoms with Crippen LogP contribution < -0.4 is 15.4 Å². The molecule has 0 aliphatic rings. The largest absolute Gasteiger partial charge is 0.491 e. The Hall–Kier alpha value is -3.68. The molecular weight excluding hydrogens is 370 g/mol. The van der Waals surface area contributed by atoms with Crippen molar-refractivity contribution in [1.29, 1.82) is 0 Å². The second-order valence-electron chi connectivity index (χ2n) is 6.40. The van der Waals surface area contributed by atoms with Gasteiger partial charge < -0.3 is 20.1 Å². The number of nitrogens with zero attached hydrogens (tertiary/aromatic N) is 3. The average Bonchev–Trinajstić information content (AvgIpc) is 2.70. The molecule has 0 spiro atoms. The highest BCUT2D eigenvalue weighted by molar-refractivity contribution is 5.89. The van der Waals surface area contributed by atoms with Crippen molar-refractivity contribution in [2.45, 2.75) is 26.9 Å². The van der Waals surface area contributed by atoms with Crippen LogP contribution in [0.4, 0.5) is 23.1 Å². The van der Waals surface area contributed by atoms with Gasteiger partial charge in [-0.1, -0.05) is 0 Å². The maximum absolute atomic E-state index is 11.7. The molecular formula is C21H23N5O3. The number of aromatic nitrogens is 3. The van der Waals surface area contributed by atoms with E-state index < -0.39 is 0 Å². The summed E-state index contributed by atoms with van der Waals surface area (Å²) in [4.78, 5) is 16.1. The number of hydrogen-bond acceptors (Lipinski definition) is 8. The van der Waals surface area contributed by atoms with Gasteiger partial charge in [-0.05, 0) is 69.3 Å². The van der Waals surface area contributed by atoms with Crippen LogP contribution in [0.15, 0.2) is 54.7 Å². The quantitative estimate of drug-likeness (QED) is 0.546. The molecule has 150 valence electrons. The molecule has 0 bridgehead atoms. The summed E-state index contributed by atoms with van der Waals surface area (Å²) in [6.45, 7) is 6.08. The van der Waals surface area contributed by atoms with Crippen LogP contribution in [0.2, 0.25) is 0 Å². The lowest BCUT2D eigenvalue weighted by Gasteiger charge is -2.11. The van der Waals surface area contributed by atoms with Crippen molar-refractivity contribution in [2.24, 2.45) is 0 Å². The van der Waals surface area contributed by atoms with Crippen molar-refractivity contribution in [3.63, 3.8) is 0 Å². The Morgan fingerprint density at radius 1 is 1.00 bits per heavy atom. The molecule has 1 aromatic heterocycles. The van der Waals surface area contributed by atoms with E-state index in [1.165, 1.54) is 6.20 Å². The normalized spacial score (nSPS) is 10.5. The van der Waals surface area contributed by atoms with Crippen LogP contribution in [0.1, 0.15) is 31.1 Å². The number of benzene rings is 2. The first kappa shape index (κ1) is 20.1. The Morgan fingerprint density at radius 3 is 2.31 bits per heavy atom. The summed E-state index contributed by atoms with van der Waals surface area (Å²) in [7, 11) is 0. The summed E-state index contributed by atoms with van der Waals surface area (Å²) in [5.74, 6) is 1.33. The second kappa shape index (κ2) is 9.50. The third-order valence-electron chi connectivity index (χ3n) is 3.71. The summed E-state index contributed by atoms with van der Waals surface area (Å²) in [5, 5.41) is 14.2. The fourth-order valence-electron chi connectivity index (χ4n) is 2.49. The van der Waals surface area contributed by atoms with Crippen LogP contribution in [-0.2, 0) is 4.74 Å². The van der Waals surface area contributed by atoms with E-state index in [1.807, 2.05) is 38.1 Å². The molecule has 0 aliphatic heterocycles. The number of esters is 1. The van der Waals surface area contributed by atoms with Gasteiger partial charge in [-0.25, -0.2) is 4.79 Å². The highest BCUT2D eigenvalue weighted by Crippen LogP contribution is 2.20. The molecule has 8 nitrogen and oxygen atoms in total. The molecule has 29 heavy (non-hydrogen) atoms. The van der Waals surface area contributed by atoms with Crippen LogP contribution in [-0.4, -0.2) is 33.9 Å². The van der Waals surface area contributed by atoms with Crippen molar-refractivity contribution in [1.82, 2.24) is 15.2 Å². The Balaban J connectivity index is 1.64. The molecule has 1 heterocycles. The van der Waals surface area contributed by atoms with Crippen molar-refractivity contribution < 1.29 is 14.3 Å². The second-order valence-corrected chi connectivity index (χ2v) is 6.40. The van der Waals surface area contributed by atoms with Crippen LogP contribution in [0.25, 0.3) is 0 Å². The van der Waals surface area contributed by atoms with Crippen molar-refractivity contribution in [2.75, 3.05) is 17.2 Å². The summed E-state index contributed by atoms with van der Waals surface area (Å²) in [5.41, 5.74) is 2.07. The lowest BCUT2D eigenvalue weighted by molar-refractivity contribution is 0.0526. The molecule has 0 fully saturated rings. The van der Waals surface area contributed by atoms with Gasteiger partial charge in [-0.2, -0.15) is 10.1 Å². The van der Waals surface area contributed by atoms with Crippen molar-refractivity contribution >= 4 is 29.1 Å². The van der Waals surface area contributed by atoms with Gasteiger partial charge in [0.2, 0.25) is 5.95 Å². The van der Waals surface area contributed by atoms with E-state index in [-0.39, 0.29) is 12.1 Å². The maximum Gasteiger partial charge on any atom is 0.338 e. The van der Waals surface area contributed by atoms with Crippen molar-refractivity contribution in [3.8, 4) is 5.75 Å². The fourth-order valence-corrected chi connectivity index (χ4v) is 2.49. The number of carbonyl (C=O) groups excluding carboxylic acids is 1. The zero-order chi connectivity index (χ0) is 20.6. The van der Waals surface area contributed by atoms with Gasteiger partial charge in [-0.15, -0.1) is 5.10 Å². The predicted octanol–water partition coefficient (Wildman–Crippen LogP) is 4.32. The van der Waals surface area contributed by atoms with Gasteiger partial charge in [0.15, 0.2) is 5.82 Å². The monoisotopic (exact) mass is 393 g/mol. The SMILES string of the molecule is CCOC(=O)c1ccc(Nc2nncc(Nc3ccc(OC(C)C)cc3)n2)cc1. The van der Waals surface area contributed by atoms with E-state index in [9.17, 15) is 4.79 Å². The van der Waals surface area contributed by atoms with Crippen LogP contribution in [0.3, 0.4) is 0 Å². The Bertz CT molecular complexity index is 943. The van der Waals surface area contributed by atoms with E-state index in [4.69, 9.17) is 9.47 Å². The van der Waals surface area contributed by atoms with Gasteiger partial charge in [0.25, 0.3) is 0 Å². The van der Waals surface area contributed by atoms with Crippen LogP contribution >= 0.6 is 0 Å². The molecule has 0 radical (unpaired) electrons. The fraction of sp³-hybridized carbons (Fsp3) is 0.238. The zero-order valence-electron chi connectivity index (χ0n) is 16.5. The molecule has 0 unspecified atom stereocenters. The third kappa shape index (κ3) is 5.90. The molecule has 0 amide bonds. The molecule has 3 aromatic rings. The summed E-state index contributed by atoms with van der Waals surface area (Å²) in [6.07, 6.45) is 1.66. The zero-order valence-corrected chi connectivity index (χ0v) is 16.5. The number of rotatable bonds is 8. The lowest BCUT2D eigenvalue weighted by Crippen LogP contribution is -2.06. The highest BCUT2D eigenvalue weighted by Gasteiger charge is 2.07. The molecule has 8 heteroatoms. The number of hydrogen-bond donors (Lipinski definition) is 2. The van der Waals surface area contributed by atoms with Gasteiger partial charge in [0, 0.05) is 11.4 Å². The average molecular weight is 393 g/mol. The van der Waals surface area contributed by atoms with E-state index in [0.717, 1.165) is 17.1 Å². The molecule has 0 aliphatic carbocycles. The van der Waals surface area contributed by atoms with Gasteiger partial charge in [0.1, 0.15) is 5.75 Å². The first-order valence-electron chi connectivity index (χ1n) is 9.31. The Kier molecular flexibility index (Phi) is 6.57. The van der Waals surface area contributed by atoms with Gasteiger partial charge in [0.05, 0.1) is 24.5 Å². The number of anilines is 4. The number of nitrogens with one attached hydrogen (secondary N) is 2. The van der Waals surface area contributed by atoms with Crippen molar-refractivity contribution in [3.05, 3.63) is 60.3 Å². The molecule has 3 rings (SSSR count). The van der Waals surface area contributed by atoms with Crippen LogP contribution in [0.5, 0.6) is 5.75 Å². The molecule has 0 saturated carbocycles. The smallest absolute Gasteiger partial charge is 0.338 e. The van der Waals surface area contributed by atoms with Gasteiger partial charge in [-0.3, -0.25) is 0 Å². The summed E-state index contributed by atoms with van der Waals surface area (Å²) < 4.78 is 10.6. The summed E-state index contributed by atoms with van der Waals surface area (Å²) in [6, 6.07) is 14.4. The molecule has 2 N–H and O–H groups in total. The van der Waals surface area contributed by atoms with E-state index >= 15 is 0 Å². The Labute approximate surface area is 169 Å². The predicted molar refractivity (Wildman–Crippen MR) is 111 cm³/mol. The molecule has 2 aromatic carbocycles. The third-order valence-corrected chi connectivity index (χ3v) is 3.71.